The molecule has 3 heteroatoms. The van der Waals surface area contributed by atoms with E-state index in [9.17, 15) is 4.79 Å². The van der Waals surface area contributed by atoms with Gasteiger partial charge in [-0.3, -0.25) is 4.79 Å². The van der Waals surface area contributed by atoms with Gasteiger partial charge >= 0.3 is 0 Å². The molecule has 0 atom stereocenters. The minimum atomic E-state index is -0.0321. The molecule has 1 rings (SSSR count). The Kier molecular flexibility index (Phi) is 3.40. The summed E-state index contributed by atoms with van der Waals surface area (Å²) in [7, 11) is 1.54. The van der Waals surface area contributed by atoms with Gasteiger partial charge in [-0.1, -0.05) is 32.4 Å². The van der Waals surface area contributed by atoms with Gasteiger partial charge in [-0.15, -0.1) is 0 Å². The average Bonchev–Trinajstić information content (AvgIpc) is 2.16. The van der Waals surface area contributed by atoms with E-state index in [4.69, 9.17) is 16.3 Å². The van der Waals surface area contributed by atoms with Crippen LogP contribution in [0.4, 0.5) is 0 Å². The number of carbonyl (C=O) groups is 1. The van der Waals surface area contributed by atoms with Crippen molar-refractivity contribution in [1.29, 1.82) is 0 Å². The number of aldehydes is 1. The third-order valence-corrected chi connectivity index (χ3v) is 2.68. The van der Waals surface area contributed by atoms with E-state index in [0.717, 1.165) is 11.8 Å². The van der Waals surface area contributed by atoms with Crippen molar-refractivity contribution in [3.63, 3.8) is 0 Å². The fraction of sp³-hybridized carbons (Fsp3) is 0.417. The molecule has 0 N–H and O–H groups in total. The zero-order chi connectivity index (χ0) is 11.6. The first-order valence-corrected chi connectivity index (χ1v) is 5.11. The van der Waals surface area contributed by atoms with Gasteiger partial charge in [-0.2, -0.15) is 0 Å². The van der Waals surface area contributed by atoms with Crippen LogP contribution in [-0.4, -0.2) is 13.4 Å². The van der Waals surface area contributed by atoms with Crippen molar-refractivity contribution in [3.05, 3.63) is 28.3 Å². The van der Waals surface area contributed by atoms with Gasteiger partial charge in [0.2, 0.25) is 0 Å². The van der Waals surface area contributed by atoms with Gasteiger partial charge < -0.3 is 4.74 Å². The number of benzene rings is 1. The normalized spacial score (nSPS) is 11.3. The van der Waals surface area contributed by atoms with Crippen molar-refractivity contribution in [2.24, 2.45) is 0 Å². The molecular formula is C12H15ClO2. The Labute approximate surface area is 95.2 Å². The van der Waals surface area contributed by atoms with Gasteiger partial charge in [-0.05, 0) is 23.1 Å². The zero-order valence-electron chi connectivity index (χ0n) is 9.43. The number of hydrogen-bond donors (Lipinski definition) is 0. The number of rotatable bonds is 2. The first-order valence-electron chi connectivity index (χ1n) is 4.73. The lowest BCUT2D eigenvalue weighted by molar-refractivity contribution is 0.112. The Hall–Kier alpha value is -1.02. The summed E-state index contributed by atoms with van der Waals surface area (Å²) in [5, 5.41) is 0.375. The topological polar surface area (TPSA) is 26.3 Å². The molecule has 0 heterocycles. The lowest BCUT2D eigenvalue weighted by Gasteiger charge is -2.20. The van der Waals surface area contributed by atoms with E-state index in [2.05, 4.69) is 20.8 Å². The predicted octanol–water partition coefficient (Wildman–Crippen LogP) is 3.46. The second-order valence-corrected chi connectivity index (χ2v) is 4.83. The second kappa shape index (κ2) is 4.23. The van der Waals surface area contributed by atoms with E-state index in [1.807, 2.05) is 6.07 Å². The lowest BCUT2D eigenvalue weighted by atomic mass is 9.86. The number of hydrogen-bond acceptors (Lipinski definition) is 2. The molecule has 0 radical (unpaired) electrons. The van der Waals surface area contributed by atoms with E-state index < -0.39 is 0 Å². The lowest BCUT2D eigenvalue weighted by Crippen LogP contribution is -2.12. The van der Waals surface area contributed by atoms with E-state index in [1.165, 1.54) is 0 Å². The van der Waals surface area contributed by atoms with Crippen LogP contribution in [0.25, 0.3) is 0 Å². The molecule has 0 amide bonds. The number of ether oxygens (including phenoxy) is 1. The molecule has 15 heavy (non-hydrogen) atoms. The number of halogens is 1. The van der Waals surface area contributed by atoms with Gasteiger partial charge in [-0.25, -0.2) is 0 Å². The molecule has 0 spiro atoms. The SMILES string of the molecule is COc1cc(C(C)(C)C)cc(C=O)c1Cl. The fourth-order valence-corrected chi connectivity index (χ4v) is 1.52. The van der Waals surface area contributed by atoms with E-state index >= 15 is 0 Å². The molecule has 0 unspecified atom stereocenters. The standard InChI is InChI=1S/C12H15ClO2/c1-12(2,3)9-5-8(7-14)11(13)10(6-9)15-4/h5-7H,1-4H3. The molecule has 0 saturated heterocycles. The Morgan fingerprint density at radius 1 is 1.33 bits per heavy atom. The molecule has 0 aliphatic carbocycles. The Morgan fingerprint density at radius 3 is 2.33 bits per heavy atom. The summed E-state index contributed by atoms with van der Waals surface area (Å²) >= 11 is 5.97. The molecule has 0 aliphatic heterocycles. The highest BCUT2D eigenvalue weighted by Gasteiger charge is 2.18. The minimum Gasteiger partial charge on any atom is -0.495 e. The Bertz CT molecular complexity index is 378. The summed E-state index contributed by atoms with van der Waals surface area (Å²) in [6, 6.07) is 3.67. The van der Waals surface area contributed by atoms with Crippen LogP contribution in [0, 0.1) is 0 Å². The first-order chi connectivity index (χ1) is 6.90. The number of carbonyl (C=O) groups excluding carboxylic acids is 1. The van der Waals surface area contributed by atoms with Crippen molar-refractivity contribution in [2.45, 2.75) is 26.2 Å². The highest BCUT2D eigenvalue weighted by molar-refractivity contribution is 6.34. The van der Waals surface area contributed by atoms with E-state index in [0.29, 0.717) is 16.3 Å². The fourth-order valence-electron chi connectivity index (χ4n) is 1.29. The maximum Gasteiger partial charge on any atom is 0.151 e. The molecule has 0 fully saturated rings. The van der Waals surface area contributed by atoms with Crippen molar-refractivity contribution < 1.29 is 9.53 Å². The molecule has 1 aromatic carbocycles. The van der Waals surface area contributed by atoms with Crippen molar-refractivity contribution in [2.75, 3.05) is 7.11 Å². The summed E-state index contributed by atoms with van der Waals surface area (Å²) in [6.45, 7) is 6.22. The van der Waals surface area contributed by atoms with E-state index in [1.54, 1.807) is 13.2 Å². The van der Waals surface area contributed by atoms with Gasteiger partial charge in [0.25, 0.3) is 0 Å². The smallest absolute Gasteiger partial charge is 0.151 e. The summed E-state index contributed by atoms with van der Waals surface area (Å²) in [5.41, 5.74) is 1.47. The van der Waals surface area contributed by atoms with Crippen LogP contribution in [0.1, 0.15) is 36.7 Å². The van der Waals surface area contributed by atoms with Crippen LogP contribution in [0.3, 0.4) is 0 Å². The number of methoxy groups -OCH3 is 1. The first kappa shape index (κ1) is 12.1. The average molecular weight is 227 g/mol. The van der Waals surface area contributed by atoms with Crippen molar-refractivity contribution in [3.8, 4) is 5.75 Å². The summed E-state index contributed by atoms with van der Waals surface area (Å²) in [5.74, 6) is 0.547. The summed E-state index contributed by atoms with van der Waals surface area (Å²) in [6.07, 6.45) is 0.750. The van der Waals surface area contributed by atoms with Gasteiger partial charge in [0.1, 0.15) is 5.75 Å². The van der Waals surface area contributed by atoms with Crippen LogP contribution >= 0.6 is 11.6 Å². The molecule has 0 bridgehead atoms. The molecule has 82 valence electrons. The molecule has 1 aromatic rings. The van der Waals surface area contributed by atoms with Crippen LogP contribution in [0.5, 0.6) is 5.75 Å². The molecule has 0 saturated carbocycles. The van der Waals surface area contributed by atoms with E-state index in [-0.39, 0.29) is 5.41 Å². The highest BCUT2D eigenvalue weighted by Crippen LogP contribution is 2.33. The summed E-state index contributed by atoms with van der Waals surface area (Å²) < 4.78 is 5.13. The van der Waals surface area contributed by atoms with Gasteiger partial charge in [0, 0.05) is 5.56 Å². The van der Waals surface area contributed by atoms with Crippen LogP contribution in [0.15, 0.2) is 12.1 Å². The second-order valence-electron chi connectivity index (χ2n) is 4.45. The Morgan fingerprint density at radius 2 is 1.93 bits per heavy atom. The Balaban J connectivity index is 3.40. The maximum absolute atomic E-state index is 10.8. The molecule has 2 nitrogen and oxygen atoms in total. The predicted molar refractivity (Wildman–Crippen MR) is 62.1 cm³/mol. The van der Waals surface area contributed by atoms with Crippen LogP contribution in [0.2, 0.25) is 5.02 Å². The summed E-state index contributed by atoms with van der Waals surface area (Å²) in [4.78, 5) is 10.8. The monoisotopic (exact) mass is 226 g/mol. The molecular weight excluding hydrogens is 212 g/mol. The van der Waals surface area contributed by atoms with Gasteiger partial charge in [0.05, 0.1) is 12.1 Å². The largest absolute Gasteiger partial charge is 0.495 e. The third-order valence-electron chi connectivity index (χ3n) is 2.28. The van der Waals surface area contributed by atoms with Crippen LogP contribution < -0.4 is 4.74 Å². The highest BCUT2D eigenvalue weighted by atomic mass is 35.5. The molecule has 0 aromatic heterocycles. The quantitative estimate of drug-likeness (QED) is 0.722. The van der Waals surface area contributed by atoms with Crippen molar-refractivity contribution in [1.82, 2.24) is 0 Å². The third kappa shape index (κ3) is 2.51. The maximum atomic E-state index is 10.8. The minimum absolute atomic E-state index is 0.0321. The van der Waals surface area contributed by atoms with Crippen molar-refractivity contribution >= 4 is 17.9 Å². The zero-order valence-corrected chi connectivity index (χ0v) is 10.2. The van der Waals surface area contributed by atoms with Crippen LogP contribution in [-0.2, 0) is 5.41 Å². The molecule has 0 aliphatic rings. The van der Waals surface area contributed by atoms with Gasteiger partial charge in [0.15, 0.2) is 6.29 Å².